The molecule has 0 bridgehead atoms. The van der Waals surface area contributed by atoms with Crippen LogP contribution in [0.2, 0.25) is 0 Å². The fourth-order valence-corrected chi connectivity index (χ4v) is 3.77. The highest BCUT2D eigenvalue weighted by molar-refractivity contribution is 5.82. The van der Waals surface area contributed by atoms with Gasteiger partial charge >= 0.3 is 0 Å². The first kappa shape index (κ1) is 17.0. The van der Waals surface area contributed by atoms with Gasteiger partial charge in [-0.15, -0.1) is 0 Å². The molecule has 28 heavy (non-hydrogen) atoms. The molecule has 0 atom stereocenters. The maximum Gasteiger partial charge on any atom is 0.222 e. The number of benzene rings is 3. The molecule has 0 saturated carbocycles. The van der Waals surface area contributed by atoms with Gasteiger partial charge in [-0.2, -0.15) is 0 Å². The minimum Gasteiger partial charge on any atom is -0.436 e. The quantitative estimate of drug-likeness (QED) is 0.458. The van der Waals surface area contributed by atoms with E-state index in [-0.39, 0.29) is 0 Å². The second kappa shape index (κ2) is 7.45. The third-order valence-corrected chi connectivity index (χ3v) is 5.31. The van der Waals surface area contributed by atoms with Crippen molar-refractivity contribution in [1.82, 2.24) is 9.88 Å². The van der Waals surface area contributed by atoms with Crippen LogP contribution in [0.15, 0.2) is 89.4 Å². The number of aromatic nitrogens is 1. The molecule has 0 fully saturated rings. The summed E-state index contributed by atoms with van der Waals surface area (Å²) in [6.45, 7) is 2.94. The van der Waals surface area contributed by atoms with Crippen LogP contribution in [0.5, 0.6) is 0 Å². The van der Waals surface area contributed by atoms with Gasteiger partial charge in [-0.25, -0.2) is 4.98 Å². The number of oxazole rings is 1. The van der Waals surface area contributed by atoms with Crippen LogP contribution in [0, 0.1) is 0 Å². The molecule has 0 radical (unpaired) electrons. The van der Waals surface area contributed by atoms with E-state index in [4.69, 9.17) is 9.40 Å². The predicted octanol–water partition coefficient (Wildman–Crippen LogP) is 5.78. The molecule has 1 aliphatic heterocycles. The van der Waals surface area contributed by atoms with Crippen molar-refractivity contribution >= 4 is 16.7 Å². The van der Waals surface area contributed by atoms with Crippen LogP contribution >= 0.6 is 0 Å². The predicted molar refractivity (Wildman–Crippen MR) is 114 cm³/mol. The van der Waals surface area contributed by atoms with Crippen molar-refractivity contribution in [2.75, 3.05) is 13.1 Å². The molecular formula is C25H22N2O. The molecule has 0 saturated heterocycles. The van der Waals surface area contributed by atoms with Gasteiger partial charge in [-0.3, -0.25) is 4.90 Å². The summed E-state index contributed by atoms with van der Waals surface area (Å²) in [4.78, 5) is 7.23. The summed E-state index contributed by atoms with van der Waals surface area (Å²) >= 11 is 0. The molecule has 3 heteroatoms. The molecule has 138 valence electrons. The first-order chi connectivity index (χ1) is 13.8. The minimum absolute atomic E-state index is 0.763. The Labute approximate surface area is 164 Å². The van der Waals surface area contributed by atoms with E-state index in [1.54, 1.807) is 0 Å². The van der Waals surface area contributed by atoms with Gasteiger partial charge in [-0.05, 0) is 35.2 Å². The summed E-state index contributed by atoms with van der Waals surface area (Å²) in [6, 6.07) is 27.3. The smallest absolute Gasteiger partial charge is 0.222 e. The Kier molecular flexibility index (Phi) is 4.51. The Morgan fingerprint density at radius 2 is 1.64 bits per heavy atom. The average Bonchev–Trinajstić information content (AvgIpc) is 3.19. The Morgan fingerprint density at radius 3 is 2.39 bits per heavy atom. The summed E-state index contributed by atoms with van der Waals surface area (Å²) in [6.07, 6.45) is 3.22. The zero-order chi connectivity index (χ0) is 18.8. The fourth-order valence-electron chi connectivity index (χ4n) is 3.77. The van der Waals surface area contributed by atoms with E-state index in [9.17, 15) is 0 Å². The highest BCUT2D eigenvalue weighted by Crippen LogP contribution is 2.29. The lowest BCUT2D eigenvalue weighted by Gasteiger charge is -2.25. The second-order valence-corrected chi connectivity index (χ2v) is 7.27. The zero-order valence-corrected chi connectivity index (χ0v) is 15.7. The molecule has 2 heterocycles. The van der Waals surface area contributed by atoms with E-state index in [0.29, 0.717) is 0 Å². The van der Waals surface area contributed by atoms with Gasteiger partial charge in [0.1, 0.15) is 5.52 Å². The van der Waals surface area contributed by atoms with Crippen LogP contribution in [0.1, 0.15) is 17.9 Å². The first-order valence-corrected chi connectivity index (χ1v) is 9.77. The first-order valence-electron chi connectivity index (χ1n) is 9.77. The molecule has 0 amide bonds. The van der Waals surface area contributed by atoms with Crippen molar-refractivity contribution in [3.63, 3.8) is 0 Å². The van der Waals surface area contributed by atoms with E-state index >= 15 is 0 Å². The molecule has 0 N–H and O–H groups in total. The number of hydrogen-bond acceptors (Lipinski definition) is 3. The Hall–Kier alpha value is -3.17. The molecule has 0 spiro atoms. The lowest BCUT2D eigenvalue weighted by Crippen LogP contribution is -2.28. The van der Waals surface area contributed by atoms with Gasteiger partial charge in [0.15, 0.2) is 5.58 Å². The van der Waals surface area contributed by atoms with Crippen molar-refractivity contribution < 1.29 is 4.42 Å². The van der Waals surface area contributed by atoms with Crippen molar-refractivity contribution in [1.29, 1.82) is 0 Å². The lowest BCUT2D eigenvalue weighted by atomic mass is 10.1. The van der Waals surface area contributed by atoms with E-state index < -0.39 is 0 Å². The highest BCUT2D eigenvalue weighted by Gasteiger charge is 2.17. The highest BCUT2D eigenvalue weighted by atomic mass is 16.3. The standard InChI is InChI=1S/C25H22N2O/c1-3-7-19(8-4-1)18-27-15-13-21(14-16-27)25-26-23-17-22(11-12-24(23)28-25)20-9-5-2-6-10-20/h1-13,17H,14-16,18H2. The van der Waals surface area contributed by atoms with Crippen molar-refractivity contribution in [3.05, 3.63) is 96.4 Å². The third kappa shape index (κ3) is 3.49. The largest absolute Gasteiger partial charge is 0.436 e. The zero-order valence-electron chi connectivity index (χ0n) is 15.7. The van der Waals surface area contributed by atoms with Crippen molar-refractivity contribution in [2.45, 2.75) is 13.0 Å². The molecule has 1 aliphatic rings. The molecule has 3 nitrogen and oxygen atoms in total. The molecule has 1 aromatic heterocycles. The van der Waals surface area contributed by atoms with Gasteiger partial charge < -0.3 is 4.42 Å². The summed E-state index contributed by atoms with van der Waals surface area (Å²) in [5, 5.41) is 0. The van der Waals surface area contributed by atoms with E-state index in [1.807, 2.05) is 12.1 Å². The van der Waals surface area contributed by atoms with E-state index in [1.165, 1.54) is 22.3 Å². The van der Waals surface area contributed by atoms with E-state index in [0.717, 1.165) is 43.0 Å². The van der Waals surface area contributed by atoms with Gasteiger partial charge in [0.25, 0.3) is 0 Å². The van der Waals surface area contributed by atoms with Crippen LogP contribution in [-0.4, -0.2) is 23.0 Å². The van der Waals surface area contributed by atoms with Crippen LogP contribution in [0.25, 0.3) is 27.8 Å². The summed E-state index contributed by atoms with van der Waals surface area (Å²) < 4.78 is 6.05. The molecule has 3 aromatic carbocycles. The SMILES string of the molecule is C1=C(c2nc3cc(-c4ccccc4)ccc3o2)CCN(Cc2ccccc2)C1. The summed E-state index contributed by atoms with van der Waals surface area (Å²) in [5.41, 5.74) is 6.70. The van der Waals surface area contributed by atoms with Gasteiger partial charge in [0, 0.05) is 25.2 Å². The number of fused-ring (bicyclic) bond motifs is 1. The van der Waals surface area contributed by atoms with Gasteiger partial charge in [-0.1, -0.05) is 72.8 Å². The maximum atomic E-state index is 6.05. The molecule has 5 rings (SSSR count). The topological polar surface area (TPSA) is 29.3 Å². The van der Waals surface area contributed by atoms with Crippen LogP contribution < -0.4 is 0 Å². The summed E-state index contributed by atoms with van der Waals surface area (Å²) in [7, 11) is 0. The van der Waals surface area contributed by atoms with Crippen molar-refractivity contribution in [3.8, 4) is 11.1 Å². The van der Waals surface area contributed by atoms with Gasteiger partial charge in [0.2, 0.25) is 5.89 Å². The monoisotopic (exact) mass is 366 g/mol. The van der Waals surface area contributed by atoms with Crippen LogP contribution in [0.3, 0.4) is 0 Å². The van der Waals surface area contributed by atoms with Crippen LogP contribution in [0.4, 0.5) is 0 Å². The fraction of sp³-hybridized carbons (Fsp3) is 0.160. The second-order valence-electron chi connectivity index (χ2n) is 7.27. The summed E-state index contributed by atoms with van der Waals surface area (Å²) in [5.74, 6) is 0.763. The average molecular weight is 366 g/mol. The molecule has 4 aromatic rings. The Bertz CT molecular complexity index is 1110. The van der Waals surface area contributed by atoms with Gasteiger partial charge in [0.05, 0.1) is 0 Å². The molecule has 0 aliphatic carbocycles. The van der Waals surface area contributed by atoms with Crippen LogP contribution in [-0.2, 0) is 6.54 Å². The van der Waals surface area contributed by atoms with Crippen molar-refractivity contribution in [2.24, 2.45) is 0 Å². The maximum absolute atomic E-state index is 6.05. The normalized spacial score (nSPS) is 14.9. The number of rotatable bonds is 4. The molecular weight excluding hydrogens is 344 g/mol. The Balaban J connectivity index is 1.35. The van der Waals surface area contributed by atoms with E-state index in [2.05, 4.69) is 77.7 Å². The minimum atomic E-state index is 0.763. The lowest BCUT2D eigenvalue weighted by molar-refractivity contribution is 0.292. The molecule has 0 unspecified atom stereocenters. The number of nitrogens with zero attached hydrogens (tertiary/aromatic N) is 2. The Morgan fingerprint density at radius 1 is 0.857 bits per heavy atom. The number of hydrogen-bond donors (Lipinski definition) is 0. The third-order valence-electron chi connectivity index (χ3n) is 5.31.